The van der Waals surface area contributed by atoms with Crippen molar-refractivity contribution in [2.24, 2.45) is 0 Å². The highest BCUT2D eigenvalue weighted by Crippen LogP contribution is 2.27. The summed E-state index contributed by atoms with van der Waals surface area (Å²) in [6.07, 6.45) is 3.12. The molecule has 0 aromatic carbocycles. The summed E-state index contributed by atoms with van der Waals surface area (Å²) in [5, 5.41) is 3.33. The number of halogens is 1. The highest BCUT2D eigenvalue weighted by atomic mass is 79.9. The van der Waals surface area contributed by atoms with Gasteiger partial charge in [0.1, 0.15) is 0 Å². The van der Waals surface area contributed by atoms with Gasteiger partial charge in [-0.1, -0.05) is 0 Å². The Labute approximate surface area is 80.5 Å². The normalized spacial score (nSPS) is 22.0. The van der Waals surface area contributed by atoms with E-state index in [9.17, 15) is 0 Å². The van der Waals surface area contributed by atoms with Crippen LogP contribution in [0.25, 0.3) is 0 Å². The molecule has 0 aliphatic carbocycles. The summed E-state index contributed by atoms with van der Waals surface area (Å²) in [4.78, 5) is 4.39. The van der Waals surface area contributed by atoms with Crippen molar-refractivity contribution in [3.8, 4) is 0 Å². The number of nitrogens with one attached hydrogen (secondary N) is 1. The molecule has 1 fully saturated rings. The molecule has 0 spiro atoms. The Balaban J connectivity index is 2.31. The first-order chi connectivity index (χ1) is 5.77. The van der Waals surface area contributed by atoms with Crippen molar-refractivity contribution < 1.29 is 0 Å². The van der Waals surface area contributed by atoms with Crippen molar-refractivity contribution in [2.45, 2.75) is 19.4 Å². The zero-order chi connectivity index (χ0) is 8.55. The highest BCUT2D eigenvalue weighted by Gasteiger charge is 2.21. The first kappa shape index (κ1) is 8.20. The van der Waals surface area contributed by atoms with Crippen molar-refractivity contribution in [3.63, 3.8) is 0 Å². The highest BCUT2D eigenvalue weighted by molar-refractivity contribution is 9.10. The average Bonchev–Trinajstić information content (AvgIpc) is 1.91. The zero-order valence-electron chi connectivity index (χ0n) is 6.97. The fourth-order valence-electron chi connectivity index (χ4n) is 1.32. The van der Waals surface area contributed by atoms with Crippen LogP contribution in [0.5, 0.6) is 0 Å². The first-order valence-corrected chi connectivity index (χ1v) is 4.92. The van der Waals surface area contributed by atoms with Gasteiger partial charge in [0, 0.05) is 10.7 Å². The molecule has 0 unspecified atom stereocenters. The Morgan fingerprint density at radius 2 is 2.42 bits per heavy atom. The number of aromatic nitrogens is 1. The number of rotatable bonds is 1. The van der Waals surface area contributed by atoms with Gasteiger partial charge in [-0.2, -0.15) is 0 Å². The van der Waals surface area contributed by atoms with Crippen molar-refractivity contribution in [3.05, 3.63) is 28.0 Å². The molecule has 1 atom stereocenters. The monoisotopic (exact) mass is 226 g/mol. The summed E-state index contributed by atoms with van der Waals surface area (Å²) in [5.41, 5.74) is 2.34. The number of aryl methyl sites for hydroxylation is 1. The fourth-order valence-corrected chi connectivity index (χ4v) is 2.06. The van der Waals surface area contributed by atoms with Gasteiger partial charge in [0.25, 0.3) is 0 Å². The van der Waals surface area contributed by atoms with E-state index in [4.69, 9.17) is 0 Å². The number of nitrogens with zero attached hydrogens (tertiary/aromatic N) is 1. The largest absolute Gasteiger partial charge is 0.308 e. The van der Waals surface area contributed by atoms with Crippen molar-refractivity contribution in [2.75, 3.05) is 6.54 Å². The molecule has 1 saturated heterocycles. The Kier molecular flexibility index (Phi) is 2.15. The van der Waals surface area contributed by atoms with Crippen LogP contribution in [0.2, 0.25) is 0 Å². The van der Waals surface area contributed by atoms with Crippen LogP contribution in [0, 0.1) is 6.92 Å². The Bertz CT molecular complexity index is 295. The van der Waals surface area contributed by atoms with E-state index in [0.717, 1.165) is 16.7 Å². The van der Waals surface area contributed by atoms with Gasteiger partial charge in [-0.15, -0.1) is 0 Å². The van der Waals surface area contributed by atoms with E-state index in [1.54, 1.807) is 0 Å². The SMILES string of the molecule is Cc1cnc([C@@H]2CCN2)c(Br)c1. The quantitative estimate of drug-likeness (QED) is 0.795. The number of pyridine rings is 1. The lowest BCUT2D eigenvalue weighted by molar-refractivity contribution is 0.374. The van der Waals surface area contributed by atoms with Crippen LogP contribution >= 0.6 is 15.9 Å². The fraction of sp³-hybridized carbons (Fsp3) is 0.444. The third-order valence-corrected chi connectivity index (χ3v) is 2.80. The molecule has 12 heavy (non-hydrogen) atoms. The summed E-state index contributed by atoms with van der Waals surface area (Å²) >= 11 is 3.52. The van der Waals surface area contributed by atoms with Gasteiger partial charge in [-0.05, 0) is 47.4 Å². The zero-order valence-corrected chi connectivity index (χ0v) is 8.56. The van der Waals surface area contributed by atoms with Crippen LogP contribution in [-0.2, 0) is 0 Å². The maximum absolute atomic E-state index is 4.39. The second-order valence-corrected chi connectivity index (χ2v) is 4.03. The molecule has 2 nitrogen and oxygen atoms in total. The third kappa shape index (κ3) is 1.39. The summed E-state index contributed by atoms with van der Waals surface area (Å²) < 4.78 is 1.12. The van der Waals surface area contributed by atoms with Crippen LogP contribution in [0.15, 0.2) is 16.7 Å². The smallest absolute Gasteiger partial charge is 0.0715 e. The molecule has 2 rings (SSSR count). The van der Waals surface area contributed by atoms with Crippen LogP contribution in [0.4, 0.5) is 0 Å². The number of hydrogen-bond acceptors (Lipinski definition) is 2. The topological polar surface area (TPSA) is 24.9 Å². The lowest BCUT2D eigenvalue weighted by Gasteiger charge is -2.27. The molecular weight excluding hydrogens is 216 g/mol. The van der Waals surface area contributed by atoms with Crippen LogP contribution in [0.3, 0.4) is 0 Å². The standard InChI is InChI=1S/C9H11BrN2/c1-6-4-7(10)9(12-5-6)8-2-3-11-8/h4-5,8,11H,2-3H2,1H3/t8-/m0/s1. The summed E-state index contributed by atoms with van der Waals surface area (Å²) in [6.45, 7) is 3.17. The summed E-state index contributed by atoms with van der Waals surface area (Å²) in [5.74, 6) is 0. The van der Waals surface area contributed by atoms with Gasteiger partial charge in [0.15, 0.2) is 0 Å². The van der Waals surface area contributed by atoms with Gasteiger partial charge < -0.3 is 5.32 Å². The van der Waals surface area contributed by atoms with Gasteiger partial charge >= 0.3 is 0 Å². The summed E-state index contributed by atoms with van der Waals surface area (Å²) in [7, 11) is 0. The minimum atomic E-state index is 0.472. The summed E-state index contributed by atoms with van der Waals surface area (Å²) in [6, 6.07) is 2.59. The van der Waals surface area contributed by atoms with E-state index in [1.165, 1.54) is 12.0 Å². The molecule has 0 amide bonds. The number of hydrogen-bond donors (Lipinski definition) is 1. The molecule has 1 N–H and O–H groups in total. The second kappa shape index (κ2) is 3.15. The minimum Gasteiger partial charge on any atom is -0.308 e. The van der Waals surface area contributed by atoms with Gasteiger partial charge in [-0.25, -0.2) is 0 Å². The maximum atomic E-state index is 4.39. The lowest BCUT2D eigenvalue weighted by Crippen LogP contribution is -2.35. The molecule has 2 heterocycles. The molecule has 0 radical (unpaired) electrons. The van der Waals surface area contributed by atoms with E-state index in [2.05, 4.69) is 39.2 Å². The Hall–Kier alpha value is -0.410. The van der Waals surface area contributed by atoms with E-state index in [1.807, 2.05) is 6.20 Å². The average molecular weight is 227 g/mol. The minimum absolute atomic E-state index is 0.472. The van der Waals surface area contributed by atoms with Crippen molar-refractivity contribution >= 4 is 15.9 Å². The van der Waals surface area contributed by atoms with E-state index < -0.39 is 0 Å². The van der Waals surface area contributed by atoms with Crippen LogP contribution < -0.4 is 5.32 Å². The third-order valence-electron chi connectivity index (χ3n) is 2.16. The molecule has 64 valence electrons. The second-order valence-electron chi connectivity index (χ2n) is 3.18. The van der Waals surface area contributed by atoms with E-state index >= 15 is 0 Å². The van der Waals surface area contributed by atoms with Crippen LogP contribution in [0.1, 0.15) is 23.7 Å². The van der Waals surface area contributed by atoms with Gasteiger partial charge in [-0.3, -0.25) is 4.98 Å². The molecule has 1 aromatic rings. The molecule has 0 bridgehead atoms. The van der Waals surface area contributed by atoms with E-state index in [0.29, 0.717) is 6.04 Å². The van der Waals surface area contributed by atoms with Crippen molar-refractivity contribution in [1.29, 1.82) is 0 Å². The predicted molar refractivity (Wildman–Crippen MR) is 52.0 cm³/mol. The predicted octanol–water partition coefficient (Wildman–Crippen LogP) is 2.19. The van der Waals surface area contributed by atoms with Gasteiger partial charge in [0.05, 0.1) is 11.7 Å². The maximum Gasteiger partial charge on any atom is 0.0715 e. The van der Waals surface area contributed by atoms with Crippen molar-refractivity contribution in [1.82, 2.24) is 10.3 Å². The molecule has 1 aromatic heterocycles. The molecule has 1 aliphatic heterocycles. The first-order valence-electron chi connectivity index (χ1n) is 4.13. The van der Waals surface area contributed by atoms with Gasteiger partial charge in [0.2, 0.25) is 0 Å². The lowest BCUT2D eigenvalue weighted by atomic mass is 10.0. The molecule has 0 saturated carbocycles. The Morgan fingerprint density at radius 3 is 2.92 bits per heavy atom. The molecule has 1 aliphatic rings. The van der Waals surface area contributed by atoms with Crippen LogP contribution in [-0.4, -0.2) is 11.5 Å². The van der Waals surface area contributed by atoms with E-state index in [-0.39, 0.29) is 0 Å². The Morgan fingerprint density at radius 1 is 1.67 bits per heavy atom. The molecular formula is C9H11BrN2. The molecule has 3 heteroatoms.